The maximum atomic E-state index is 12.5. The first-order chi connectivity index (χ1) is 28.5. The van der Waals surface area contributed by atoms with Crippen LogP contribution in [0.1, 0.15) is 226 Å². The molecule has 346 valence electrons. The van der Waals surface area contributed by atoms with Crippen LogP contribution in [-0.2, 0) is 32.9 Å². The zero-order valence-electron chi connectivity index (χ0n) is 37.4. The first kappa shape index (κ1) is 55.4. The van der Waals surface area contributed by atoms with Crippen molar-refractivity contribution in [1.29, 1.82) is 0 Å². The Balaban J connectivity index is 2.15. The number of unbranched alkanes of at least 4 members (excludes halogenated alkanes) is 25. The van der Waals surface area contributed by atoms with Gasteiger partial charge in [0, 0.05) is 25.2 Å². The van der Waals surface area contributed by atoms with Crippen molar-refractivity contribution in [2.75, 3.05) is 13.2 Å². The van der Waals surface area contributed by atoms with E-state index in [4.69, 9.17) is 19.3 Å². The summed E-state index contributed by atoms with van der Waals surface area (Å²) in [6, 6.07) is 0. The van der Waals surface area contributed by atoms with Gasteiger partial charge in [0.15, 0.2) is 6.10 Å². The molecule has 0 saturated heterocycles. The molecule has 0 radical (unpaired) electrons. The highest BCUT2D eigenvalue weighted by Gasteiger charge is 2.39. The van der Waals surface area contributed by atoms with Crippen LogP contribution < -0.4 is 0 Å². The molecular weight excluding hydrogens is 771 g/mol. The molecule has 1 aliphatic carbocycles. The second-order valence-electron chi connectivity index (χ2n) is 17.2. The van der Waals surface area contributed by atoms with Crippen LogP contribution in [0.25, 0.3) is 0 Å². The number of phosphoric ester groups is 1. The second kappa shape index (κ2) is 37.0. The van der Waals surface area contributed by atoms with Gasteiger partial charge in [-0.3, -0.25) is 18.9 Å². The molecule has 1 rings (SSSR count). The summed E-state index contributed by atoms with van der Waals surface area (Å²) in [7, 11) is -4.81. The van der Waals surface area contributed by atoms with E-state index >= 15 is 0 Å². The van der Waals surface area contributed by atoms with E-state index in [1.807, 2.05) is 0 Å². The minimum absolute atomic E-state index is 0.00321. The van der Waals surface area contributed by atoms with Crippen molar-refractivity contribution in [3.05, 3.63) is 12.2 Å². The maximum absolute atomic E-state index is 12.5. The topological polar surface area (TPSA) is 177 Å². The van der Waals surface area contributed by atoms with Gasteiger partial charge >= 0.3 is 19.8 Å². The molecule has 0 aromatic rings. The number of carbonyl (C=O) groups is 3. The number of aliphatic hydroxyl groups excluding tert-OH is 2. The summed E-state index contributed by atoms with van der Waals surface area (Å²) in [5.41, 5.74) is 0. The van der Waals surface area contributed by atoms with Gasteiger partial charge in [0.05, 0.1) is 18.8 Å². The Kier molecular flexibility index (Phi) is 34.7. The number of ether oxygens (including phenoxy) is 2. The Morgan fingerprint density at radius 2 is 1.10 bits per heavy atom. The fraction of sp³-hybridized carbons (Fsp3) is 0.894. The highest BCUT2D eigenvalue weighted by molar-refractivity contribution is 7.46. The highest BCUT2D eigenvalue weighted by atomic mass is 31.2. The molecule has 0 aromatic heterocycles. The molecule has 5 atom stereocenters. The average Bonchev–Trinajstić information content (AvgIpc) is 3.47. The summed E-state index contributed by atoms with van der Waals surface area (Å²) >= 11 is 0. The molecule has 0 unspecified atom stereocenters. The molecule has 0 amide bonds. The van der Waals surface area contributed by atoms with Crippen LogP contribution in [0.3, 0.4) is 0 Å². The fourth-order valence-corrected chi connectivity index (χ4v) is 8.41. The van der Waals surface area contributed by atoms with Crippen molar-refractivity contribution < 1.29 is 52.9 Å². The minimum atomic E-state index is -4.81. The van der Waals surface area contributed by atoms with Crippen LogP contribution in [0.2, 0.25) is 0 Å². The summed E-state index contributed by atoms with van der Waals surface area (Å²) in [4.78, 5) is 55.7. The number of rotatable bonds is 41. The van der Waals surface area contributed by atoms with E-state index in [9.17, 15) is 29.2 Å². The van der Waals surface area contributed by atoms with Crippen molar-refractivity contribution in [2.45, 2.75) is 244 Å². The molecule has 1 fully saturated rings. The van der Waals surface area contributed by atoms with Crippen molar-refractivity contribution in [1.82, 2.24) is 0 Å². The van der Waals surface area contributed by atoms with Gasteiger partial charge in [0.2, 0.25) is 0 Å². The first-order valence-electron chi connectivity index (χ1n) is 24.1. The fourth-order valence-electron chi connectivity index (χ4n) is 8.04. The van der Waals surface area contributed by atoms with Crippen molar-refractivity contribution >= 4 is 25.5 Å². The van der Waals surface area contributed by atoms with Crippen LogP contribution in [0, 0.1) is 11.8 Å². The van der Waals surface area contributed by atoms with Gasteiger partial charge < -0.3 is 29.5 Å². The van der Waals surface area contributed by atoms with E-state index in [-0.39, 0.29) is 43.5 Å². The third-order valence-electron chi connectivity index (χ3n) is 11.7. The number of hydrogen-bond donors (Lipinski definition) is 4. The predicted octanol–water partition coefficient (Wildman–Crippen LogP) is 11.6. The van der Waals surface area contributed by atoms with Gasteiger partial charge in [-0.15, -0.1) is 0 Å². The average molecular weight is 859 g/mol. The van der Waals surface area contributed by atoms with Crippen LogP contribution >= 0.6 is 7.82 Å². The SMILES string of the molecule is CCCCCCCCCCCCCCCCCCCCCCCC(=O)O[C@H](COC(=O)CCCCCC[C@H]1[C@@H](O)CC(=O)[C@@H]1/C=C/[C@@H](O)CCCCC)COP(=O)(O)O. The molecule has 0 aliphatic heterocycles. The molecule has 4 N–H and O–H groups in total. The van der Waals surface area contributed by atoms with Gasteiger partial charge in [0.25, 0.3) is 0 Å². The zero-order valence-corrected chi connectivity index (χ0v) is 38.3. The summed E-state index contributed by atoms with van der Waals surface area (Å²) in [6.45, 7) is 3.42. The predicted molar refractivity (Wildman–Crippen MR) is 236 cm³/mol. The summed E-state index contributed by atoms with van der Waals surface area (Å²) < 4.78 is 26.5. The lowest BCUT2D eigenvalue weighted by Crippen LogP contribution is -2.29. The van der Waals surface area contributed by atoms with E-state index in [1.54, 1.807) is 12.2 Å². The Hall–Kier alpha value is -1.62. The van der Waals surface area contributed by atoms with Crippen LogP contribution in [0.15, 0.2) is 12.2 Å². The molecule has 12 heteroatoms. The molecule has 11 nitrogen and oxygen atoms in total. The number of allylic oxidation sites excluding steroid dienone is 1. The lowest BCUT2D eigenvalue weighted by molar-refractivity contribution is -0.161. The summed E-state index contributed by atoms with van der Waals surface area (Å²) in [5.74, 6) is -1.59. The Morgan fingerprint density at radius 1 is 0.661 bits per heavy atom. The number of carbonyl (C=O) groups excluding carboxylic acids is 3. The molecule has 1 aliphatic rings. The lowest BCUT2D eigenvalue weighted by atomic mass is 9.88. The summed E-state index contributed by atoms with van der Waals surface area (Å²) in [5, 5.41) is 20.7. The number of ketones is 1. The van der Waals surface area contributed by atoms with Crippen LogP contribution in [0.5, 0.6) is 0 Å². The number of Topliss-reactive ketones (excluding diaryl/α,β-unsaturated/α-hetero) is 1. The zero-order chi connectivity index (χ0) is 43.4. The smallest absolute Gasteiger partial charge is 0.462 e. The van der Waals surface area contributed by atoms with E-state index in [0.29, 0.717) is 25.7 Å². The van der Waals surface area contributed by atoms with Gasteiger partial charge in [-0.05, 0) is 31.6 Å². The monoisotopic (exact) mass is 859 g/mol. The maximum Gasteiger partial charge on any atom is 0.469 e. The third-order valence-corrected chi connectivity index (χ3v) is 12.2. The van der Waals surface area contributed by atoms with E-state index in [2.05, 4.69) is 18.4 Å². The summed E-state index contributed by atoms with van der Waals surface area (Å²) in [6.07, 6.45) is 35.5. The number of phosphoric acid groups is 1. The highest BCUT2D eigenvalue weighted by Crippen LogP contribution is 2.36. The van der Waals surface area contributed by atoms with E-state index in [0.717, 1.165) is 57.8 Å². The molecule has 0 aromatic carbocycles. The van der Waals surface area contributed by atoms with Gasteiger partial charge in [-0.25, -0.2) is 4.57 Å². The Labute approximate surface area is 358 Å². The van der Waals surface area contributed by atoms with Crippen molar-refractivity contribution in [2.24, 2.45) is 11.8 Å². The molecule has 1 saturated carbocycles. The number of esters is 2. The van der Waals surface area contributed by atoms with Crippen molar-refractivity contribution in [3.8, 4) is 0 Å². The molecule has 0 spiro atoms. The number of hydrogen-bond acceptors (Lipinski definition) is 9. The Bertz CT molecular complexity index is 1130. The van der Waals surface area contributed by atoms with Gasteiger partial charge in [0.1, 0.15) is 12.4 Å². The molecule has 0 bridgehead atoms. The first-order valence-corrected chi connectivity index (χ1v) is 25.6. The second-order valence-corrected chi connectivity index (χ2v) is 18.5. The number of aliphatic hydroxyl groups is 2. The molecule has 59 heavy (non-hydrogen) atoms. The minimum Gasteiger partial charge on any atom is -0.462 e. The standard InChI is InChI=1S/C47H87O11P/c1-3-5-7-8-9-10-11-12-13-14-15-16-17-18-19-20-21-22-23-24-30-34-47(52)58-41(39-57-59(53,54)55)38-56-46(51)33-29-26-25-28-32-42-43(45(50)37-44(42)49)36-35-40(48)31-27-6-4-2/h35-36,40-44,48-49H,3-34,37-39H2,1-2H3,(H2,53,54,55)/b36-35+/t40-,41+,42+,43+,44-/m0/s1. The quantitative estimate of drug-likeness (QED) is 0.0199. The van der Waals surface area contributed by atoms with Gasteiger partial charge in [-0.2, -0.15) is 0 Å². The van der Waals surface area contributed by atoms with Crippen LogP contribution in [-0.4, -0.2) is 69.2 Å². The van der Waals surface area contributed by atoms with Gasteiger partial charge in [-0.1, -0.05) is 193 Å². The van der Waals surface area contributed by atoms with E-state index in [1.165, 1.54) is 109 Å². The molecular formula is C47H87O11P. The normalized spacial score (nSPS) is 18.1. The van der Waals surface area contributed by atoms with E-state index < -0.39 is 44.7 Å². The Morgan fingerprint density at radius 3 is 1.59 bits per heavy atom. The molecule has 0 heterocycles. The lowest BCUT2D eigenvalue weighted by Gasteiger charge is -2.19. The third kappa shape index (κ3) is 32.7. The van der Waals surface area contributed by atoms with Crippen molar-refractivity contribution in [3.63, 3.8) is 0 Å². The largest absolute Gasteiger partial charge is 0.469 e. The van der Waals surface area contributed by atoms with Crippen LogP contribution in [0.4, 0.5) is 0 Å².